The van der Waals surface area contributed by atoms with Crippen molar-refractivity contribution >= 4 is 33.3 Å². The number of carbonyl (C=O) groups is 1. The van der Waals surface area contributed by atoms with Crippen molar-refractivity contribution in [2.24, 2.45) is 0 Å². The molecule has 0 saturated heterocycles. The highest BCUT2D eigenvalue weighted by Gasteiger charge is 2.20. The molecule has 1 aliphatic carbocycles. The predicted octanol–water partition coefficient (Wildman–Crippen LogP) is 3.21. The maximum atomic E-state index is 12.1. The lowest BCUT2D eigenvalue weighted by molar-refractivity contribution is 0.0462. The van der Waals surface area contributed by atoms with E-state index in [9.17, 15) is 9.90 Å². The van der Waals surface area contributed by atoms with Crippen LogP contribution in [-0.4, -0.2) is 21.0 Å². The number of phenols is 1. The van der Waals surface area contributed by atoms with Crippen molar-refractivity contribution in [2.45, 2.75) is 32.3 Å². The first-order valence-corrected chi connectivity index (χ1v) is 8.96. The van der Waals surface area contributed by atoms with Crippen LogP contribution in [0.1, 0.15) is 39.5 Å². The lowest BCUT2D eigenvalue weighted by Crippen LogP contribution is -2.08. The summed E-state index contributed by atoms with van der Waals surface area (Å²) in [6.45, 7) is -0.0583. The Morgan fingerprint density at radius 1 is 1.28 bits per heavy atom. The third-order valence-corrected chi connectivity index (χ3v) is 5.49. The fourth-order valence-corrected chi connectivity index (χ4v) is 4.43. The van der Waals surface area contributed by atoms with Gasteiger partial charge in [0.1, 0.15) is 16.4 Å². The average molecular weight is 355 g/mol. The van der Waals surface area contributed by atoms with Gasteiger partial charge >= 0.3 is 5.97 Å². The first-order chi connectivity index (χ1) is 12.1. The summed E-state index contributed by atoms with van der Waals surface area (Å²) in [6.07, 6.45) is 4.45. The Balaban J connectivity index is 1.57. The number of nitrogen functional groups attached to an aromatic ring is 1. The van der Waals surface area contributed by atoms with Gasteiger partial charge in [-0.3, -0.25) is 0 Å². The molecule has 0 bridgehead atoms. The molecule has 7 heteroatoms. The summed E-state index contributed by atoms with van der Waals surface area (Å²) in [6, 6.07) is 6.01. The molecular weight excluding hydrogens is 338 g/mol. The molecule has 0 amide bonds. The van der Waals surface area contributed by atoms with Crippen molar-refractivity contribution in [3.8, 4) is 5.75 Å². The second-order valence-corrected chi connectivity index (χ2v) is 7.13. The van der Waals surface area contributed by atoms with Gasteiger partial charge in [-0.05, 0) is 49.4 Å². The minimum Gasteiger partial charge on any atom is -0.508 e. The number of rotatable bonds is 3. The fraction of sp³-hybridized carbons (Fsp3) is 0.278. The van der Waals surface area contributed by atoms with Gasteiger partial charge in [-0.1, -0.05) is 6.07 Å². The third kappa shape index (κ3) is 3.02. The molecule has 0 spiro atoms. The number of aromatic hydroxyl groups is 1. The minimum absolute atomic E-state index is 0.0144. The zero-order chi connectivity index (χ0) is 17.4. The molecule has 6 nitrogen and oxygen atoms in total. The summed E-state index contributed by atoms with van der Waals surface area (Å²) in [5.74, 6) is 0.314. The molecule has 2 heterocycles. The Hall–Kier alpha value is -2.67. The highest BCUT2D eigenvalue weighted by molar-refractivity contribution is 7.19. The summed E-state index contributed by atoms with van der Waals surface area (Å²) in [5, 5.41) is 10.4. The minimum atomic E-state index is -0.538. The van der Waals surface area contributed by atoms with Crippen LogP contribution in [0.5, 0.6) is 5.75 Å². The molecule has 1 aromatic carbocycles. The van der Waals surface area contributed by atoms with E-state index in [1.54, 1.807) is 23.5 Å². The van der Waals surface area contributed by atoms with E-state index in [1.165, 1.54) is 35.4 Å². The maximum absolute atomic E-state index is 12.1. The maximum Gasteiger partial charge on any atom is 0.338 e. The smallest absolute Gasteiger partial charge is 0.338 e. The van der Waals surface area contributed by atoms with Crippen LogP contribution in [0.2, 0.25) is 0 Å². The molecule has 128 valence electrons. The van der Waals surface area contributed by atoms with Crippen LogP contribution >= 0.6 is 11.3 Å². The number of aryl methyl sites for hydroxylation is 2. The van der Waals surface area contributed by atoms with Gasteiger partial charge in [0.25, 0.3) is 0 Å². The number of phenolic OH excluding ortho intramolecular Hbond substituents is 1. The van der Waals surface area contributed by atoms with Gasteiger partial charge in [-0.2, -0.15) is 0 Å². The summed E-state index contributed by atoms with van der Waals surface area (Å²) < 4.78 is 5.25. The topological polar surface area (TPSA) is 98.3 Å². The standard InChI is InChI=1S/C18H17N3O3S/c19-16-15-12-6-1-2-7-13(12)25-17(15)21-14(20-16)9-24-18(23)10-4-3-5-11(22)8-10/h3-5,8,22H,1-2,6-7,9H2,(H2,19,20,21). The Kier molecular flexibility index (Phi) is 4.01. The molecule has 0 saturated carbocycles. The van der Waals surface area contributed by atoms with E-state index in [0.29, 0.717) is 11.6 Å². The number of aromatic nitrogens is 2. The quantitative estimate of drug-likeness (QED) is 0.700. The summed E-state index contributed by atoms with van der Waals surface area (Å²) in [4.78, 5) is 23.1. The van der Waals surface area contributed by atoms with E-state index >= 15 is 0 Å². The van der Waals surface area contributed by atoms with E-state index in [2.05, 4.69) is 9.97 Å². The Morgan fingerprint density at radius 3 is 2.96 bits per heavy atom. The number of hydrogen-bond acceptors (Lipinski definition) is 7. The van der Waals surface area contributed by atoms with E-state index in [4.69, 9.17) is 10.5 Å². The number of hydrogen-bond donors (Lipinski definition) is 2. The summed E-state index contributed by atoms with van der Waals surface area (Å²) in [7, 11) is 0. The molecule has 0 aliphatic heterocycles. The molecule has 1 aliphatic rings. The largest absolute Gasteiger partial charge is 0.508 e. The lowest BCUT2D eigenvalue weighted by Gasteiger charge is -2.10. The molecule has 3 N–H and O–H groups in total. The van der Waals surface area contributed by atoms with Crippen molar-refractivity contribution < 1.29 is 14.6 Å². The van der Waals surface area contributed by atoms with Gasteiger partial charge in [0.2, 0.25) is 0 Å². The van der Waals surface area contributed by atoms with E-state index in [-0.39, 0.29) is 17.9 Å². The van der Waals surface area contributed by atoms with Crippen molar-refractivity contribution in [3.05, 3.63) is 46.1 Å². The predicted molar refractivity (Wildman–Crippen MR) is 95.7 cm³/mol. The fourth-order valence-electron chi connectivity index (χ4n) is 3.14. The second-order valence-electron chi connectivity index (χ2n) is 6.04. The molecule has 0 unspecified atom stereocenters. The molecule has 2 aromatic heterocycles. The van der Waals surface area contributed by atoms with Crippen molar-refractivity contribution in [1.82, 2.24) is 9.97 Å². The van der Waals surface area contributed by atoms with Crippen molar-refractivity contribution in [1.29, 1.82) is 0 Å². The highest BCUT2D eigenvalue weighted by atomic mass is 32.1. The van der Waals surface area contributed by atoms with Crippen LogP contribution in [-0.2, 0) is 24.2 Å². The zero-order valence-corrected chi connectivity index (χ0v) is 14.3. The van der Waals surface area contributed by atoms with E-state index in [1.807, 2.05) is 0 Å². The first-order valence-electron chi connectivity index (χ1n) is 8.14. The van der Waals surface area contributed by atoms with Crippen LogP contribution < -0.4 is 5.73 Å². The number of fused-ring (bicyclic) bond motifs is 3. The highest BCUT2D eigenvalue weighted by Crippen LogP contribution is 2.37. The Labute approximate surface area is 148 Å². The summed E-state index contributed by atoms with van der Waals surface area (Å²) in [5.41, 5.74) is 7.71. The van der Waals surface area contributed by atoms with Crippen LogP contribution in [0.15, 0.2) is 24.3 Å². The molecule has 4 rings (SSSR count). The van der Waals surface area contributed by atoms with Crippen molar-refractivity contribution in [3.63, 3.8) is 0 Å². The van der Waals surface area contributed by atoms with Gasteiger partial charge in [0.15, 0.2) is 12.4 Å². The van der Waals surface area contributed by atoms with Crippen LogP contribution in [0.3, 0.4) is 0 Å². The Morgan fingerprint density at radius 2 is 2.12 bits per heavy atom. The third-order valence-electron chi connectivity index (χ3n) is 4.30. The number of carbonyl (C=O) groups excluding carboxylic acids is 1. The van der Waals surface area contributed by atoms with Gasteiger partial charge < -0.3 is 15.6 Å². The van der Waals surface area contributed by atoms with E-state index in [0.717, 1.165) is 23.1 Å². The molecule has 3 aromatic rings. The number of esters is 1. The van der Waals surface area contributed by atoms with Crippen LogP contribution in [0, 0.1) is 0 Å². The van der Waals surface area contributed by atoms with Gasteiger partial charge in [0.05, 0.1) is 10.9 Å². The number of ether oxygens (including phenoxy) is 1. The second kappa shape index (κ2) is 6.33. The Bertz CT molecular complexity index is 968. The number of nitrogens with zero attached hydrogens (tertiary/aromatic N) is 2. The van der Waals surface area contributed by atoms with Gasteiger partial charge in [-0.15, -0.1) is 11.3 Å². The van der Waals surface area contributed by atoms with Crippen LogP contribution in [0.4, 0.5) is 5.82 Å². The number of nitrogens with two attached hydrogens (primary N) is 1. The molecule has 0 fully saturated rings. The number of anilines is 1. The zero-order valence-electron chi connectivity index (χ0n) is 13.5. The molecule has 0 radical (unpaired) electrons. The monoisotopic (exact) mass is 355 g/mol. The summed E-state index contributed by atoms with van der Waals surface area (Å²) >= 11 is 1.66. The average Bonchev–Trinajstić information content (AvgIpc) is 2.98. The number of thiophene rings is 1. The molecule has 0 atom stereocenters. The van der Waals surface area contributed by atoms with E-state index < -0.39 is 5.97 Å². The SMILES string of the molecule is Nc1nc(COC(=O)c2cccc(O)c2)nc2sc3c(c12)CCCC3. The van der Waals surface area contributed by atoms with Gasteiger partial charge in [0, 0.05) is 4.88 Å². The van der Waals surface area contributed by atoms with Gasteiger partial charge in [-0.25, -0.2) is 14.8 Å². The molecular formula is C18H17N3O3S. The number of benzene rings is 1. The lowest BCUT2D eigenvalue weighted by atomic mass is 9.97. The van der Waals surface area contributed by atoms with Crippen LogP contribution in [0.25, 0.3) is 10.2 Å². The molecule has 25 heavy (non-hydrogen) atoms. The first kappa shape index (κ1) is 15.8. The normalized spacial score (nSPS) is 13.6. The van der Waals surface area contributed by atoms with Crippen molar-refractivity contribution in [2.75, 3.05) is 5.73 Å².